The van der Waals surface area contributed by atoms with Crippen molar-refractivity contribution < 1.29 is 5.11 Å². The molecule has 2 heteroatoms. The van der Waals surface area contributed by atoms with Crippen molar-refractivity contribution in [2.75, 3.05) is 13.1 Å². The largest absolute Gasteiger partial charge is 0.388 e. The van der Waals surface area contributed by atoms with Gasteiger partial charge >= 0.3 is 0 Å². The van der Waals surface area contributed by atoms with Gasteiger partial charge in [0.1, 0.15) is 0 Å². The molecule has 1 aliphatic rings. The van der Waals surface area contributed by atoms with E-state index in [1.54, 1.807) is 0 Å². The molecule has 0 aliphatic carbocycles. The fourth-order valence-corrected chi connectivity index (χ4v) is 2.73. The highest BCUT2D eigenvalue weighted by atomic mass is 16.3. The van der Waals surface area contributed by atoms with Crippen molar-refractivity contribution in [1.29, 1.82) is 0 Å². The smallest absolute Gasteiger partial charge is 0.0795 e. The zero-order valence-corrected chi connectivity index (χ0v) is 10.7. The molecule has 1 saturated heterocycles. The third kappa shape index (κ3) is 3.55. The molecule has 0 amide bonds. The van der Waals surface area contributed by atoms with E-state index < -0.39 is 0 Å². The van der Waals surface area contributed by atoms with Crippen LogP contribution in [0.2, 0.25) is 0 Å². The highest BCUT2D eigenvalue weighted by Gasteiger charge is 2.18. The summed E-state index contributed by atoms with van der Waals surface area (Å²) >= 11 is 0. The molecule has 1 heterocycles. The number of hydrogen-bond acceptors (Lipinski definition) is 2. The van der Waals surface area contributed by atoms with Gasteiger partial charge in [-0.25, -0.2) is 0 Å². The van der Waals surface area contributed by atoms with Crippen molar-refractivity contribution in [3.8, 4) is 0 Å². The van der Waals surface area contributed by atoms with Gasteiger partial charge in [0.2, 0.25) is 0 Å². The molecular weight excluding hydrogens is 210 g/mol. The molecule has 0 aromatic heterocycles. The molecule has 94 valence electrons. The lowest BCUT2D eigenvalue weighted by Gasteiger charge is -2.19. The molecular formula is C15H23NO. The third-order valence-electron chi connectivity index (χ3n) is 3.80. The van der Waals surface area contributed by atoms with E-state index in [1.165, 1.54) is 24.8 Å². The van der Waals surface area contributed by atoms with E-state index in [-0.39, 0.29) is 6.10 Å². The van der Waals surface area contributed by atoms with Crippen LogP contribution >= 0.6 is 0 Å². The minimum atomic E-state index is -0.292. The van der Waals surface area contributed by atoms with Crippen LogP contribution in [0.5, 0.6) is 0 Å². The first-order chi connectivity index (χ1) is 8.27. The standard InChI is InChI=1S/C15H23NO/c1-12-5-2-3-7-14(12)15(17)11-13-6-4-9-16-10-8-13/h2-3,5,7,13,15-17H,4,6,8-11H2,1H3. The molecule has 0 spiro atoms. The Balaban J connectivity index is 1.96. The second-order valence-corrected chi connectivity index (χ2v) is 5.16. The average Bonchev–Trinajstić information content (AvgIpc) is 2.58. The van der Waals surface area contributed by atoms with E-state index in [0.717, 1.165) is 25.1 Å². The zero-order valence-electron chi connectivity index (χ0n) is 10.7. The summed E-state index contributed by atoms with van der Waals surface area (Å²) in [4.78, 5) is 0. The van der Waals surface area contributed by atoms with Crippen LogP contribution in [-0.4, -0.2) is 18.2 Å². The number of benzene rings is 1. The molecule has 0 bridgehead atoms. The molecule has 2 nitrogen and oxygen atoms in total. The van der Waals surface area contributed by atoms with Gasteiger partial charge in [0.25, 0.3) is 0 Å². The predicted octanol–water partition coefficient (Wildman–Crippen LogP) is 2.81. The fourth-order valence-electron chi connectivity index (χ4n) is 2.73. The molecule has 17 heavy (non-hydrogen) atoms. The minimum Gasteiger partial charge on any atom is -0.388 e. The highest BCUT2D eigenvalue weighted by Crippen LogP contribution is 2.28. The molecule has 2 rings (SSSR count). The van der Waals surface area contributed by atoms with Crippen LogP contribution in [0.1, 0.15) is 42.9 Å². The first-order valence-electron chi connectivity index (χ1n) is 6.71. The van der Waals surface area contributed by atoms with Crippen LogP contribution in [0.15, 0.2) is 24.3 Å². The number of rotatable bonds is 3. The van der Waals surface area contributed by atoms with Gasteiger partial charge in [-0.05, 0) is 62.7 Å². The minimum absolute atomic E-state index is 0.292. The summed E-state index contributed by atoms with van der Waals surface area (Å²) in [7, 11) is 0. The lowest BCUT2D eigenvalue weighted by molar-refractivity contribution is 0.139. The Kier molecular flexibility index (Phi) is 4.57. The molecule has 1 aromatic carbocycles. The summed E-state index contributed by atoms with van der Waals surface area (Å²) in [5.74, 6) is 0.666. The van der Waals surface area contributed by atoms with Crippen LogP contribution in [0.3, 0.4) is 0 Å². The van der Waals surface area contributed by atoms with Crippen LogP contribution in [0, 0.1) is 12.8 Å². The Morgan fingerprint density at radius 3 is 2.94 bits per heavy atom. The van der Waals surface area contributed by atoms with Gasteiger partial charge in [0, 0.05) is 0 Å². The van der Waals surface area contributed by atoms with Crippen LogP contribution in [0.4, 0.5) is 0 Å². The van der Waals surface area contributed by atoms with E-state index in [1.807, 2.05) is 12.1 Å². The van der Waals surface area contributed by atoms with Crippen LogP contribution in [0.25, 0.3) is 0 Å². The predicted molar refractivity (Wildman–Crippen MR) is 71.0 cm³/mol. The lowest BCUT2D eigenvalue weighted by atomic mass is 9.90. The van der Waals surface area contributed by atoms with E-state index in [9.17, 15) is 5.11 Å². The highest BCUT2D eigenvalue weighted by molar-refractivity contribution is 5.27. The van der Waals surface area contributed by atoms with Crippen molar-refractivity contribution in [3.63, 3.8) is 0 Å². The summed E-state index contributed by atoms with van der Waals surface area (Å²) < 4.78 is 0. The maximum atomic E-state index is 10.3. The fraction of sp³-hybridized carbons (Fsp3) is 0.600. The topological polar surface area (TPSA) is 32.3 Å². The maximum absolute atomic E-state index is 10.3. The van der Waals surface area contributed by atoms with Gasteiger partial charge in [-0.1, -0.05) is 24.3 Å². The number of aryl methyl sites for hydroxylation is 1. The van der Waals surface area contributed by atoms with Gasteiger partial charge in [0.15, 0.2) is 0 Å². The Morgan fingerprint density at radius 2 is 2.12 bits per heavy atom. The second kappa shape index (κ2) is 6.18. The first kappa shape index (κ1) is 12.6. The van der Waals surface area contributed by atoms with E-state index >= 15 is 0 Å². The van der Waals surface area contributed by atoms with E-state index in [4.69, 9.17) is 0 Å². The second-order valence-electron chi connectivity index (χ2n) is 5.16. The Bertz CT molecular complexity index is 343. The number of nitrogens with one attached hydrogen (secondary N) is 1. The number of aliphatic hydroxyl groups excluding tert-OH is 1. The number of hydrogen-bond donors (Lipinski definition) is 2. The van der Waals surface area contributed by atoms with Crippen LogP contribution in [-0.2, 0) is 0 Å². The van der Waals surface area contributed by atoms with Crippen molar-refractivity contribution in [2.24, 2.45) is 5.92 Å². The Morgan fingerprint density at radius 1 is 1.29 bits per heavy atom. The maximum Gasteiger partial charge on any atom is 0.0795 e. The van der Waals surface area contributed by atoms with Crippen molar-refractivity contribution in [3.05, 3.63) is 35.4 Å². The van der Waals surface area contributed by atoms with Crippen molar-refractivity contribution in [2.45, 2.75) is 38.7 Å². The third-order valence-corrected chi connectivity index (χ3v) is 3.80. The van der Waals surface area contributed by atoms with Gasteiger partial charge in [-0.3, -0.25) is 0 Å². The number of aliphatic hydroxyl groups is 1. The summed E-state index contributed by atoms with van der Waals surface area (Å²) in [5.41, 5.74) is 2.30. The molecule has 1 aromatic rings. The Labute approximate surface area is 104 Å². The summed E-state index contributed by atoms with van der Waals surface area (Å²) in [6, 6.07) is 8.17. The molecule has 2 unspecified atom stereocenters. The summed E-state index contributed by atoms with van der Waals surface area (Å²) in [6.45, 7) is 4.31. The van der Waals surface area contributed by atoms with Gasteiger partial charge in [-0.2, -0.15) is 0 Å². The molecule has 1 aliphatic heterocycles. The quantitative estimate of drug-likeness (QED) is 0.841. The van der Waals surface area contributed by atoms with Gasteiger partial charge in [-0.15, -0.1) is 0 Å². The molecule has 0 saturated carbocycles. The van der Waals surface area contributed by atoms with E-state index in [0.29, 0.717) is 5.92 Å². The molecule has 0 radical (unpaired) electrons. The van der Waals surface area contributed by atoms with Crippen LogP contribution < -0.4 is 5.32 Å². The molecule has 2 N–H and O–H groups in total. The monoisotopic (exact) mass is 233 g/mol. The average molecular weight is 233 g/mol. The SMILES string of the molecule is Cc1ccccc1C(O)CC1CCCNCC1. The van der Waals surface area contributed by atoms with E-state index in [2.05, 4.69) is 24.4 Å². The van der Waals surface area contributed by atoms with Gasteiger partial charge in [0.05, 0.1) is 6.10 Å². The normalized spacial score (nSPS) is 23.1. The summed E-state index contributed by atoms with van der Waals surface area (Å²) in [6.07, 6.45) is 4.30. The zero-order chi connectivity index (χ0) is 12.1. The van der Waals surface area contributed by atoms with Gasteiger partial charge < -0.3 is 10.4 Å². The molecule has 1 fully saturated rings. The lowest BCUT2D eigenvalue weighted by Crippen LogP contribution is -2.14. The molecule has 2 atom stereocenters. The summed E-state index contributed by atoms with van der Waals surface area (Å²) in [5, 5.41) is 13.7. The van der Waals surface area contributed by atoms with Crippen molar-refractivity contribution in [1.82, 2.24) is 5.32 Å². The van der Waals surface area contributed by atoms with Crippen molar-refractivity contribution >= 4 is 0 Å². The first-order valence-corrected chi connectivity index (χ1v) is 6.71. The Hall–Kier alpha value is -0.860.